The normalized spacial score (nSPS) is 33.1. The highest BCUT2D eigenvalue weighted by molar-refractivity contribution is 7.89. The van der Waals surface area contributed by atoms with E-state index in [0.717, 1.165) is 19.4 Å². The Morgan fingerprint density at radius 3 is 2.53 bits per heavy atom. The first-order valence-electron chi connectivity index (χ1n) is 6.73. The Morgan fingerprint density at radius 1 is 1.24 bits per heavy atom. The molecule has 17 heavy (non-hydrogen) atoms. The third kappa shape index (κ3) is 3.01. The van der Waals surface area contributed by atoms with Crippen LogP contribution in [0.15, 0.2) is 0 Å². The zero-order chi connectivity index (χ0) is 12.5. The van der Waals surface area contributed by atoms with Gasteiger partial charge in [0.05, 0.1) is 5.75 Å². The summed E-state index contributed by atoms with van der Waals surface area (Å²) < 4.78 is 26.5. The predicted molar refractivity (Wildman–Crippen MR) is 69.4 cm³/mol. The monoisotopic (exact) mass is 260 g/mol. The molecule has 0 aromatic heterocycles. The molecule has 2 aliphatic rings. The Balaban J connectivity index is 2.03. The third-order valence-corrected chi connectivity index (χ3v) is 6.38. The molecule has 0 spiro atoms. The van der Waals surface area contributed by atoms with E-state index in [9.17, 15) is 8.42 Å². The van der Waals surface area contributed by atoms with Crippen LogP contribution < -0.4 is 5.32 Å². The van der Waals surface area contributed by atoms with Crippen LogP contribution in [0.25, 0.3) is 0 Å². The lowest BCUT2D eigenvalue weighted by molar-refractivity contribution is 0.231. The Labute approximate surface area is 105 Å². The van der Waals surface area contributed by atoms with Crippen LogP contribution in [0.1, 0.15) is 39.5 Å². The van der Waals surface area contributed by atoms with Gasteiger partial charge in [0, 0.05) is 25.2 Å². The summed E-state index contributed by atoms with van der Waals surface area (Å²) >= 11 is 0. The number of hydrogen-bond acceptors (Lipinski definition) is 3. The Bertz CT molecular complexity index is 350. The number of piperazine rings is 1. The van der Waals surface area contributed by atoms with E-state index in [1.165, 1.54) is 12.8 Å². The molecule has 2 unspecified atom stereocenters. The second-order valence-electron chi connectivity index (χ2n) is 5.52. The van der Waals surface area contributed by atoms with Gasteiger partial charge in [-0.2, -0.15) is 4.31 Å². The molecule has 1 heterocycles. The molecule has 1 saturated carbocycles. The van der Waals surface area contributed by atoms with Crippen molar-refractivity contribution in [3.8, 4) is 0 Å². The molecule has 2 atom stereocenters. The molecule has 0 amide bonds. The van der Waals surface area contributed by atoms with Crippen molar-refractivity contribution in [2.24, 2.45) is 5.92 Å². The molecule has 1 N–H and O–H groups in total. The molecular weight excluding hydrogens is 236 g/mol. The second kappa shape index (κ2) is 5.24. The number of rotatable bonds is 3. The van der Waals surface area contributed by atoms with Gasteiger partial charge in [0.1, 0.15) is 0 Å². The fourth-order valence-corrected chi connectivity index (χ4v) is 5.17. The molecule has 1 aliphatic carbocycles. The molecule has 2 rings (SSSR count). The Hall–Kier alpha value is -0.130. The van der Waals surface area contributed by atoms with E-state index < -0.39 is 10.0 Å². The first-order valence-corrected chi connectivity index (χ1v) is 8.34. The molecule has 1 saturated heterocycles. The first-order chi connectivity index (χ1) is 8.00. The van der Waals surface area contributed by atoms with E-state index >= 15 is 0 Å². The molecule has 0 aromatic carbocycles. The number of hydrogen-bond donors (Lipinski definition) is 1. The van der Waals surface area contributed by atoms with Gasteiger partial charge in [0.25, 0.3) is 0 Å². The maximum atomic E-state index is 12.4. The quantitative estimate of drug-likeness (QED) is 0.829. The van der Waals surface area contributed by atoms with Gasteiger partial charge in [0.2, 0.25) is 10.0 Å². The SMILES string of the molecule is CC1NCCN(S(=O)(=O)CC2CCCC2)C1C. The lowest BCUT2D eigenvalue weighted by Crippen LogP contribution is -2.57. The summed E-state index contributed by atoms with van der Waals surface area (Å²) in [5.41, 5.74) is 0. The minimum atomic E-state index is -3.06. The highest BCUT2D eigenvalue weighted by Crippen LogP contribution is 2.27. The molecule has 1 aliphatic heterocycles. The van der Waals surface area contributed by atoms with Crippen molar-refractivity contribution in [2.75, 3.05) is 18.8 Å². The lowest BCUT2D eigenvalue weighted by atomic mass is 10.1. The Morgan fingerprint density at radius 2 is 1.88 bits per heavy atom. The molecule has 2 fully saturated rings. The van der Waals surface area contributed by atoms with Crippen LogP contribution >= 0.6 is 0 Å². The van der Waals surface area contributed by atoms with Crippen molar-refractivity contribution in [2.45, 2.75) is 51.6 Å². The highest BCUT2D eigenvalue weighted by atomic mass is 32.2. The fourth-order valence-electron chi connectivity index (χ4n) is 2.99. The van der Waals surface area contributed by atoms with Crippen molar-refractivity contribution < 1.29 is 8.42 Å². The molecule has 100 valence electrons. The van der Waals surface area contributed by atoms with E-state index in [4.69, 9.17) is 0 Å². The summed E-state index contributed by atoms with van der Waals surface area (Å²) in [6.45, 7) is 5.46. The van der Waals surface area contributed by atoms with Gasteiger partial charge in [0.15, 0.2) is 0 Å². The van der Waals surface area contributed by atoms with Crippen LogP contribution in [0, 0.1) is 5.92 Å². The summed E-state index contributed by atoms with van der Waals surface area (Å²) in [7, 11) is -3.06. The van der Waals surface area contributed by atoms with Crippen LogP contribution in [0.4, 0.5) is 0 Å². The van der Waals surface area contributed by atoms with Crippen LogP contribution in [0.3, 0.4) is 0 Å². The standard InChI is InChI=1S/C12H24N2O2S/c1-10-11(2)14(8-7-13-10)17(15,16)9-12-5-3-4-6-12/h10-13H,3-9H2,1-2H3. The van der Waals surface area contributed by atoms with Gasteiger partial charge in [-0.1, -0.05) is 12.8 Å². The lowest BCUT2D eigenvalue weighted by Gasteiger charge is -2.38. The van der Waals surface area contributed by atoms with Gasteiger partial charge in [-0.15, -0.1) is 0 Å². The van der Waals surface area contributed by atoms with Crippen LogP contribution in [0.5, 0.6) is 0 Å². The number of sulfonamides is 1. The maximum Gasteiger partial charge on any atom is 0.214 e. The molecule has 0 aromatic rings. The van der Waals surface area contributed by atoms with E-state index in [2.05, 4.69) is 12.2 Å². The number of nitrogens with one attached hydrogen (secondary N) is 1. The van der Waals surface area contributed by atoms with Gasteiger partial charge >= 0.3 is 0 Å². The van der Waals surface area contributed by atoms with Gasteiger partial charge < -0.3 is 5.32 Å². The van der Waals surface area contributed by atoms with Crippen LogP contribution in [-0.4, -0.2) is 43.6 Å². The van der Waals surface area contributed by atoms with Crippen molar-refractivity contribution in [3.05, 3.63) is 0 Å². The average Bonchev–Trinajstić information content (AvgIpc) is 2.73. The minimum absolute atomic E-state index is 0.0788. The summed E-state index contributed by atoms with van der Waals surface area (Å²) in [5.74, 6) is 0.766. The second-order valence-corrected chi connectivity index (χ2v) is 7.49. The fraction of sp³-hybridized carbons (Fsp3) is 1.00. The van der Waals surface area contributed by atoms with E-state index in [1.54, 1.807) is 4.31 Å². The maximum absolute atomic E-state index is 12.4. The summed E-state index contributed by atoms with van der Waals surface area (Å²) in [6, 6.07) is 0.331. The largest absolute Gasteiger partial charge is 0.311 e. The summed E-state index contributed by atoms with van der Waals surface area (Å²) in [5, 5.41) is 3.32. The topological polar surface area (TPSA) is 49.4 Å². The van der Waals surface area contributed by atoms with Crippen molar-refractivity contribution in [1.29, 1.82) is 0 Å². The van der Waals surface area contributed by atoms with Gasteiger partial charge in [-0.05, 0) is 32.6 Å². The molecular formula is C12H24N2O2S. The molecule has 0 radical (unpaired) electrons. The Kier molecular flexibility index (Phi) is 4.10. The molecule has 0 bridgehead atoms. The summed E-state index contributed by atoms with van der Waals surface area (Å²) in [6.07, 6.45) is 4.59. The smallest absolute Gasteiger partial charge is 0.214 e. The predicted octanol–water partition coefficient (Wildman–Crippen LogP) is 1.19. The average molecular weight is 260 g/mol. The molecule has 4 nitrogen and oxygen atoms in total. The van der Waals surface area contributed by atoms with Gasteiger partial charge in [-0.3, -0.25) is 0 Å². The zero-order valence-electron chi connectivity index (χ0n) is 10.9. The van der Waals surface area contributed by atoms with Crippen LogP contribution in [0.2, 0.25) is 0 Å². The van der Waals surface area contributed by atoms with E-state index in [1.807, 2.05) is 6.92 Å². The van der Waals surface area contributed by atoms with Crippen molar-refractivity contribution in [3.63, 3.8) is 0 Å². The van der Waals surface area contributed by atoms with Crippen molar-refractivity contribution >= 4 is 10.0 Å². The van der Waals surface area contributed by atoms with Crippen molar-refractivity contribution in [1.82, 2.24) is 9.62 Å². The van der Waals surface area contributed by atoms with Gasteiger partial charge in [-0.25, -0.2) is 8.42 Å². The first kappa shape index (κ1) is 13.3. The highest BCUT2D eigenvalue weighted by Gasteiger charge is 2.35. The summed E-state index contributed by atoms with van der Waals surface area (Å²) in [4.78, 5) is 0. The zero-order valence-corrected chi connectivity index (χ0v) is 11.7. The van der Waals surface area contributed by atoms with E-state index in [-0.39, 0.29) is 12.1 Å². The van der Waals surface area contributed by atoms with E-state index in [0.29, 0.717) is 18.2 Å². The third-order valence-electron chi connectivity index (χ3n) is 4.25. The number of nitrogens with zero attached hydrogens (tertiary/aromatic N) is 1. The van der Waals surface area contributed by atoms with Crippen LogP contribution in [-0.2, 0) is 10.0 Å². The molecule has 5 heteroatoms. The minimum Gasteiger partial charge on any atom is -0.311 e.